The zero-order valence-electron chi connectivity index (χ0n) is 18.6. The average Bonchev–Trinajstić information content (AvgIpc) is 3.34. The number of nitrogens with zero attached hydrogens (tertiary/aromatic N) is 6. The van der Waals surface area contributed by atoms with Crippen LogP contribution < -0.4 is 10.6 Å². The van der Waals surface area contributed by atoms with E-state index in [-0.39, 0.29) is 6.10 Å². The number of guanidine groups is 1. The van der Waals surface area contributed by atoms with Crippen molar-refractivity contribution in [2.75, 3.05) is 26.2 Å². The second-order valence-corrected chi connectivity index (χ2v) is 7.83. The SMILES string of the molecule is CCc1nncn1CCNC(=NCC1CCCCO1)NCCCn1nc(C)cc1C. The molecule has 9 heteroatoms. The molecule has 3 rings (SSSR count). The summed E-state index contributed by atoms with van der Waals surface area (Å²) in [6.45, 7) is 11.1. The summed E-state index contributed by atoms with van der Waals surface area (Å²) in [5.41, 5.74) is 2.27. The molecule has 1 aliphatic heterocycles. The normalized spacial score (nSPS) is 17.3. The highest BCUT2D eigenvalue weighted by Crippen LogP contribution is 2.12. The minimum Gasteiger partial charge on any atom is -0.376 e. The molecule has 1 aliphatic rings. The van der Waals surface area contributed by atoms with E-state index in [0.29, 0.717) is 6.54 Å². The summed E-state index contributed by atoms with van der Waals surface area (Å²) in [5.74, 6) is 1.84. The minimum atomic E-state index is 0.233. The second-order valence-electron chi connectivity index (χ2n) is 7.83. The Labute approximate surface area is 179 Å². The highest BCUT2D eigenvalue weighted by Gasteiger charge is 2.13. The first-order valence-corrected chi connectivity index (χ1v) is 11.2. The highest BCUT2D eigenvalue weighted by atomic mass is 16.5. The number of nitrogens with one attached hydrogen (secondary N) is 2. The number of hydrogen-bond acceptors (Lipinski definition) is 5. The van der Waals surface area contributed by atoms with Crippen LogP contribution in [-0.2, 0) is 24.2 Å². The molecule has 9 nitrogen and oxygen atoms in total. The third kappa shape index (κ3) is 6.83. The van der Waals surface area contributed by atoms with E-state index in [1.165, 1.54) is 12.1 Å². The maximum absolute atomic E-state index is 5.83. The van der Waals surface area contributed by atoms with Crippen molar-refractivity contribution in [3.8, 4) is 0 Å². The lowest BCUT2D eigenvalue weighted by Crippen LogP contribution is -2.40. The largest absolute Gasteiger partial charge is 0.376 e. The molecule has 2 N–H and O–H groups in total. The monoisotopic (exact) mass is 416 g/mol. The predicted molar refractivity (Wildman–Crippen MR) is 118 cm³/mol. The molecular formula is C21H36N8O. The fourth-order valence-corrected chi connectivity index (χ4v) is 3.69. The Hall–Kier alpha value is -2.42. The molecule has 0 spiro atoms. The van der Waals surface area contributed by atoms with Crippen molar-refractivity contribution in [2.45, 2.75) is 72.1 Å². The van der Waals surface area contributed by atoms with E-state index in [2.05, 4.69) is 55.1 Å². The predicted octanol–water partition coefficient (Wildman–Crippen LogP) is 1.85. The first-order valence-electron chi connectivity index (χ1n) is 11.2. The molecule has 30 heavy (non-hydrogen) atoms. The lowest BCUT2D eigenvalue weighted by Gasteiger charge is -2.21. The molecule has 1 saturated heterocycles. The van der Waals surface area contributed by atoms with Gasteiger partial charge in [0.1, 0.15) is 12.2 Å². The Morgan fingerprint density at radius 2 is 2.10 bits per heavy atom. The molecule has 0 aliphatic carbocycles. The molecule has 0 amide bonds. The average molecular weight is 417 g/mol. The third-order valence-corrected chi connectivity index (χ3v) is 5.33. The van der Waals surface area contributed by atoms with E-state index < -0.39 is 0 Å². The summed E-state index contributed by atoms with van der Waals surface area (Å²) in [5, 5.41) is 19.6. The minimum absolute atomic E-state index is 0.233. The molecule has 3 heterocycles. The molecule has 166 valence electrons. The van der Waals surface area contributed by atoms with Gasteiger partial charge in [-0.2, -0.15) is 5.10 Å². The molecule has 2 aromatic heterocycles. The first-order chi connectivity index (χ1) is 14.7. The maximum atomic E-state index is 5.83. The fourth-order valence-electron chi connectivity index (χ4n) is 3.69. The van der Waals surface area contributed by atoms with Gasteiger partial charge in [0.25, 0.3) is 0 Å². The quantitative estimate of drug-likeness (QED) is 0.349. The van der Waals surface area contributed by atoms with Crippen LogP contribution in [0.5, 0.6) is 0 Å². The van der Waals surface area contributed by atoms with Crippen LogP contribution in [0.4, 0.5) is 0 Å². The lowest BCUT2D eigenvalue weighted by atomic mass is 10.1. The Morgan fingerprint density at radius 1 is 1.23 bits per heavy atom. The van der Waals surface area contributed by atoms with Gasteiger partial charge in [-0.25, -0.2) is 0 Å². The Balaban J connectivity index is 1.48. The molecule has 1 unspecified atom stereocenters. The molecule has 0 radical (unpaired) electrons. The van der Waals surface area contributed by atoms with Gasteiger partial charge in [-0.15, -0.1) is 10.2 Å². The van der Waals surface area contributed by atoms with E-state index in [1.807, 2.05) is 6.92 Å². The van der Waals surface area contributed by atoms with Gasteiger partial charge in [0, 0.05) is 44.9 Å². The number of rotatable bonds is 10. The van der Waals surface area contributed by atoms with Gasteiger partial charge < -0.3 is 19.9 Å². The van der Waals surface area contributed by atoms with Crippen LogP contribution >= 0.6 is 0 Å². The van der Waals surface area contributed by atoms with Crippen molar-refractivity contribution in [3.05, 3.63) is 29.6 Å². The summed E-state index contributed by atoms with van der Waals surface area (Å²) >= 11 is 0. The Bertz CT molecular complexity index is 791. The number of ether oxygens (including phenoxy) is 1. The Kier molecular flexibility index (Phi) is 8.67. The van der Waals surface area contributed by atoms with Crippen LogP contribution in [0.25, 0.3) is 0 Å². The van der Waals surface area contributed by atoms with E-state index in [1.54, 1.807) is 6.33 Å². The topological polar surface area (TPSA) is 94.2 Å². The van der Waals surface area contributed by atoms with E-state index in [9.17, 15) is 0 Å². The summed E-state index contributed by atoms with van der Waals surface area (Å²) in [6, 6.07) is 2.11. The maximum Gasteiger partial charge on any atom is 0.191 e. The summed E-state index contributed by atoms with van der Waals surface area (Å²) < 4.78 is 9.97. The third-order valence-electron chi connectivity index (χ3n) is 5.33. The summed E-state index contributed by atoms with van der Waals surface area (Å²) in [4.78, 5) is 4.78. The smallest absolute Gasteiger partial charge is 0.191 e. The van der Waals surface area contributed by atoms with Crippen LogP contribution in [0.1, 0.15) is 49.8 Å². The van der Waals surface area contributed by atoms with Crippen LogP contribution in [0.2, 0.25) is 0 Å². The van der Waals surface area contributed by atoms with Gasteiger partial charge in [-0.3, -0.25) is 9.67 Å². The number of aryl methyl sites for hydroxylation is 4. The second kappa shape index (κ2) is 11.7. The van der Waals surface area contributed by atoms with Gasteiger partial charge >= 0.3 is 0 Å². The molecule has 2 aromatic rings. The van der Waals surface area contributed by atoms with Crippen LogP contribution in [0, 0.1) is 13.8 Å². The number of aliphatic imine (C=N–C) groups is 1. The molecular weight excluding hydrogens is 380 g/mol. The van der Waals surface area contributed by atoms with Crippen molar-refractivity contribution < 1.29 is 4.74 Å². The van der Waals surface area contributed by atoms with Gasteiger partial charge in [0.15, 0.2) is 5.96 Å². The lowest BCUT2D eigenvalue weighted by molar-refractivity contribution is 0.0224. The van der Waals surface area contributed by atoms with Crippen LogP contribution in [-0.4, -0.2) is 62.8 Å². The Morgan fingerprint density at radius 3 is 2.83 bits per heavy atom. The molecule has 0 bridgehead atoms. The van der Waals surface area contributed by atoms with Crippen molar-refractivity contribution in [3.63, 3.8) is 0 Å². The van der Waals surface area contributed by atoms with Gasteiger partial charge in [0.05, 0.1) is 18.3 Å². The molecule has 1 fully saturated rings. The van der Waals surface area contributed by atoms with Crippen LogP contribution in [0.3, 0.4) is 0 Å². The summed E-state index contributed by atoms with van der Waals surface area (Å²) in [7, 11) is 0. The first kappa shape index (κ1) is 22.3. The van der Waals surface area contributed by atoms with Crippen LogP contribution in [0.15, 0.2) is 17.4 Å². The van der Waals surface area contributed by atoms with Crippen molar-refractivity contribution in [2.24, 2.45) is 4.99 Å². The molecule has 0 aromatic carbocycles. The van der Waals surface area contributed by atoms with Gasteiger partial charge in [-0.1, -0.05) is 6.92 Å². The number of hydrogen-bond donors (Lipinski definition) is 2. The van der Waals surface area contributed by atoms with Crippen molar-refractivity contribution in [1.82, 2.24) is 35.2 Å². The van der Waals surface area contributed by atoms with Gasteiger partial charge in [0.2, 0.25) is 0 Å². The van der Waals surface area contributed by atoms with Crippen molar-refractivity contribution >= 4 is 5.96 Å². The molecule has 0 saturated carbocycles. The standard InChI is InChI=1S/C21H36N8O/c1-4-20-26-25-16-28(20)12-10-23-21(24-15-19-8-5-6-13-30-19)22-9-7-11-29-18(3)14-17(2)27-29/h14,16,19H,4-13,15H2,1-3H3,(H2,22,23,24). The van der Waals surface area contributed by atoms with E-state index >= 15 is 0 Å². The zero-order valence-corrected chi connectivity index (χ0v) is 18.6. The van der Waals surface area contributed by atoms with Gasteiger partial charge in [-0.05, 0) is 45.6 Å². The fraction of sp³-hybridized carbons (Fsp3) is 0.714. The summed E-state index contributed by atoms with van der Waals surface area (Å²) in [6.07, 6.45) is 7.36. The molecule has 1 atom stereocenters. The zero-order chi connectivity index (χ0) is 21.2. The highest BCUT2D eigenvalue weighted by molar-refractivity contribution is 5.79. The van der Waals surface area contributed by atoms with Crippen molar-refractivity contribution in [1.29, 1.82) is 0 Å². The number of aromatic nitrogens is 5. The van der Waals surface area contributed by atoms with E-state index in [0.717, 1.165) is 75.9 Å². The van der Waals surface area contributed by atoms with E-state index in [4.69, 9.17) is 9.73 Å².